The zero-order valence-electron chi connectivity index (χ0n) is 25.2. The Morgan fingerprint density at radius 3 is 2.38 bits per heavy atom. The van der Waals surface area contributed by atoms with Gasteiger partial charge in [0.2, 0.25) is 0 Å². The molecule has 42 heavy (non-hydrogen) atoms. The third-order valence-corrected chi connectivity index (χ3v) is 9.22. The first-order valence-electron chi connectivity index (χ1n) is 16.0. The van der Waals surface area contributed by atoms with Crippen molar-refractivity contribution in [3.8, 4) is 6.07 Å². The molecule has 0 spiro atoms. The number of hydrogen-bond donors (Lipinski definition) is 0. The number of carbonyl (C=O) groups excluding carboxylic acids is 1. The topological polar surface area (TPSA) is 50.6 Å². The molecule has 5 nitrogen and oxygen atoms in total. The molecule has 2 heterocycles. The Balaban J connectivity index is 1.34. The van der Waals surface area contributed by atoms with E-state index in [9.17, 15) is 14.4 Å². The molecule has 2 aromatic rings. The Morgan fingerprint density at radius 2 is 1.67 bits per heavy atom. The molecule has 3 aliphatic rings. The Bertz CT molecular complexity index is 1310. The van der Waals surface area contributed by atoms with Gasteiger partial charge in [-0.05, 0) is 100 Å². The van der Waals surface area contributed by atoms with Crippen LogP contribution >= 0.6 is 0 Å². The number of ketones is 1. The average molecular weight is 569 g/mol. The molecule has 5 rings (SSSR count). The second-order valence-corrected chi connectivity index (χ2v) is 12.2. The first-order chi connectivity index (χ1) is 20.5. The molecule has 2 aliphatic heterocycles. The maximum atomic E-state index is 14.9. The number of unbranched alkanes of at least 4 members (excludes halogenated alkanes) is 1. The lowest BCUT2D eigenvalue weighted by Gasteiger charge is -2.34. The molecule has 0 radical (unpaired) electrons. The number of halogens is 1. The Labute approximate surface area is 251 Å². The van der Waals surface area contributed by atoms with Crippen molar-refractivity contribution in [3.05, 3.63) is 77.1 Å². The number of nitrogens with zero attached hydrogens (tertiary/aromatic N) is 4. The molecule has 0 amide bonds. The Kier molecular flexibility index (Phi) is 10.5. The number of anilines is 2. The summed E-state index contributed by atoms with van der Waals surface area (Å²) in [5, 5.41) is 9.31. The summed E-state index contributed by atoms with van der Waals surface area (Å²) in [7, 11) is 2.17. The third-order valence-electron chi connectivity index (χ3n) is 9.22. The van der Waals surface area contributed by atoms with Crippen LogP contribution in [0.2, 0.25) is 0 Å². The van der Waals surface area contributed by atoms with Crippen molar-refractivity contribution in [2.75, 3.05) is 49.6 Å². The number of Topliss-reactive ketones (excluding diaryl/α,β-unsaturated/α-hetero) is 1. The van der Waals surface area contributed by atoms with Gasteiger partial charge in [0.15, 0.2) is 0 Å². The molecule has 2 fully saturated rings. The van der Waals surface area contributed by atoms with E-state index >= 15 is 0 Å². The molecule has 0 atom stereocenters. The van der Waals surface area contributed by atoms with E-state index < -0.39 is 5.82 Å². The van der Waals surface area contributed by atoms with Gasteiger partial charge in [0.1, 0.15) is 17.7 Å². The largest absolute Gasteiger partial charge is 0.369 e. The van der Waals surface area contributed by atoms with Crippen molar-refractivity contribution in [2.24, 2.45) is 5.92 Å². The molecule has 0 unspecified atom stereocenters. The van der Waals surface area contributed by atoms with E-state index in [0.717, 1.165) is 94.6 Å². The first-order valence-corrected chi connectivity index (χ1v) is 16.0. The zero-order valence-corrected chi connectivity index (χ0v) is 25.2. The summed E-state index contributed by atoms with van der Waals surface area (Å²) in [5.41, 5.74) is 5.34. The molecule has 1 saturated carbocycles. The highest BCUT2D eigenvalue weighted by Gasteiger charge is 2.22. The molecule has 0 bridgehead atoms. The Morgan fingerprint density at radius 1 is 0.929 bits per heavy atom. The van der Waals surface area contributed by atoms with Crippen LogP contribution in [0, 0.1) is 23.1 Å². The number of benzene rings is 2. The number of piperazine rings is 1. The van der Waals surface area contributed by atoms with Crippen molar-refractivity contribution in [1.82, 2.24) is 4.90 Å². The predicted molar refractivity (Wildman–Crippen MR) is 170 cm³/mol. The number of nitriles is 1. The van der Waals surface area contributed by atoms with Gasteiger partial charge in [-0.2, -0.15) is 5.26 Å². The van der Waals surface area contributed by atoms with Crippen LogP contribution in [-0.2, 0) is 4.79 Å². The summed E-state index contributed by atoms with van der Waals surface area (Å²) >= 11 is 0. The third kappa shape index (κ3) is 7.69. The maximum Gasteiger partial charge on any atom is 0.141 e. The summed E-state index contributed by atoms with van der Waals surface area (Å²) in [5.74, 6) is 0.250. The van der Waals surface area contributed by atoms with E-state index in [2.05, 4.69) is 58.2 Å². The minimum absolute atomic E-state index is 0.0617. The standard InChI is InChI=1S/C36H45FN4O/c1-39-21-23-40(24-22-39)32-16-18-33(19-17-32)41-20-8-7-10-28(9-5-6-13-36(42)29-11-3-2-4-12-29)25-35(41)30-14-15-31(27-38)34(37)26-30/h10,14-19,25-26,29H,2-9,11-13,20-24H2,1H3/b28-10+,35-25?. The minimum Gasteiger partial charge on any atom is -0.369 e. The highest BCUT2D eigenvalue weighted by molar-refractivity contribution is 5.82. The first kappa shape index (κ1) is 30.0. The lowest BCUT2D eigenvalue weighted by Crippen LogP contribution is -2.44. The second-order valence-electron chi connectivity index (χ2n) is 12.2. The lowest BCUT2D eigenvalue weighted by molar-refractivity contribution is -0.123. The monoisotopic (exact) mass is 568 g/mol. The SMILES string of the molecule is CN1CCN(c2ccc(N3CCC/C=C(\CCCCC(=O)C4CCCCC4)C=C3c3ccc(C#N)c(F)c3)cc2)CC1. The molecule has 0 aromatic heterocycles. The fourth-order valence-corrected chi connectivity index (χ4v) is 6.58. The van der Waals surface area contributed by atoms with Gasteiger partial charge in [-0.3, -0.25) is 4.79 Å². The van der Waals surface area contributed by atoms with Crippen molar-refractivity contribution in [2.45, 2.75) is 70.6 Å². The number of hydrogen-bond acceptors (Lipinski definition) is 5. The van der Waals surface area contributed by atoms with Gasteiger partial charge in [-0.15, -0.1) is 0 Å². The quantitative estimate of drug-likeness (QED) is 0.290. The molecule has 1 saturated heterocycles. The highest BCUT2D eigenvalue weighted by atomic mass is 19.1. The van der Waals surface area contributed by atoms with E-state index in [1.165, 1.54) is 36.6 Å². The van der Waals surface area contributed by atoms with Crippen LogP contribution < -0.4 is 9.80 Å². The molecule has 222 valence electrons. The van der Waals surface area contributed by atoms with Crippen LogP contribution in [0.3, 0.4) is 0 Å². The second kappa shape index (κ2) is 14.6. The lowest BCUT2D eigenvalue weighted by atomic mass is 9.84. The van der Waals surface area contributed by atoms with Gasteiger partial charge in [-0.25, -0.2) is 4.39 Å². The summed E-state index contributed by atoms with van der Waals surface area (Å²) < 4.78 is 14.9. The number of allylic oxidation sites excluding steroid dienone is 3. The molecule has 6 heteroatoms. The minimum atomic E-state index is -0.491. The van der Waals surface area contributed by atoms with Gasteiger partial charge in [0, 0.05) is 67.7 Å². The van der Waals surface area contributed by atoms with Crippen LogP contribution in [0.5, 0.6) is 0 Å². The van der Waals surface area contributed by atoms with Crippen molar-refractivity contribution < 1.29 is 9.18 Å². The van der Waals surface area contributed by atoms with Crippen LogP contribution in [0.25, 0.3) is 5.70 Å². The predicted octanol–water partition coefficient (Wildman–Crippen LogP) is 7.73. The fraction of sp³-hybridized carbons (Fsp3) is 0.500. The summed E-state index contributed by atoms with van der Waals surface area (Å²) in [4.78, 5) is 19.8. The van der Waals surface area contributed by atoms with Crippen LogP contribution in [0.1, 0.15) is 81.8 Å². The van der Waals surface area contributed by atoms with Crippen molar-refractivity contribution in [3.63, 3.8) is 0 Å². The Hall–Kier alpha value is -3.43. The van der Waals surface area contributed by atoms with Crippen molar-refractivity contribution >= 4 is 22.9 Å². The highest BCUT2D eigenvalue weighted by Crippen LogP contribution is 2.33. The number of carbonyl (C=O) groups is 1. The van der Waals surface area contributed by atoms with E-state index in [4.69, 9.17) is 0 Å². The molecule has 2 aromatic carbocycles. The van der Waals surface area contributed by atoms with E-state index in [-0.39, 0.29) is 11.5 Å². The average Bonchev–Trinajstić information content (AvgIpc) is 3.01. The molecular weight excluding hydrogens is 523 g/mol. The maximum absolute atomic E-state index is 14.9. The number of likely N-dealkylation sites (N-methyl/N-ethyl adjacent to an activating group) is 1. The molecule has 0 N–H and O–H groups in total. The van der Waals surface area contributed by atoms with Gasteiger partial charge in [-0.1, -0.05) is 31.4 Å². The summed E-state index contributed by atoms with van der Waals surface area (Å²) in [6, 6.07) is 15.7. The van der Waals surface area contributed by atoms with E-state index in [1.54, 1.807) is 6.07 Å². The van der Waals surface area contributed by atoms with Gasteiger partial charge in [0.25, 0.3) is 0 Å². The molecule has 1 aliphatic carbocycles. The van der Waals surface area contributed by atoms with Crippen LogP contribution in [0.4, 0.5) is 15.8 Å². The van der Waals surface area contributed by atoms with Crippen LogP contribution in [0.15, 0.2) is 60.2 Å². The summed E-state index contributed by atoms with van der Waals surface area (Å²) in [6.45, 7) is 5.00. The summed E-state index contributed by atoms with van der Waals surface area (Å²) in [6.07, 6.45) is 15.8. The van der Waals surface area contributed by atoms with Crippen LogP contribution in [-0.4, -0.2) is 50.5 Å². The van der Waals surface area contributed by atoms with Gasteiger partial charge < -0.3 is 14.7 Å². The molecular formula is C36H45FN4O. The van der Waals surface area contributed by atoms with E-state index in [0.29, 0.717) is 12.2 Å². The van der Waals surface area contributed by atoms with Crippen molar-refractivity contribution in [1.29, 1.82) is 5.26 Å². The normalized spacial score (nSPS) is 20.2. The number of rotatable bonds is 9. The van der Waals surface area contributed by atoms with Gasteiger partial charge in [0.05, 0.1) is 5.56 Å². The zero-order chi connectivity index (χ0) is 29.3. The van der Waals surface area contributed by atoms with Gasteiger partial charge >= 0.3 is 0 Å². The van der Waals surface area contributed by atoms with E-state index in [1.807, 2.05) is 12.1 Å². The smallest absolute Gasteiger partial charge is 0.141 e. The fourth-order valence-electron chi connectivity index (χ4n) is 6.58.